The lowest BCUT2D eigenvalue weighted by Crippen LogP contribution is -2.33. The number of para-hydroxylation sites is 1. The predicted molar refractivity (Wildman–Crippen MR) is 59.8 cm³/mol. The van der Waals surface area contributed by atoms with Crippen LogP contribution in [0.15, 0.2) is 18.2 Å². The molecule has 0 atom stereocenters. The van der Waals surface area contributed by atoms with Crippen molar-refractivity contribution in [3.63, 3.8) is 0 Å². The lowest BCUT2D eigenvalue weighted by molar-refractivity contribution is -0.146. The third-order valence-electron chi connectivity index (χ3n) is 2.57. The highest BCUT2D eigenvalue weighted by Crippen LogP contribution is 2.24. The van der Waals surface area contributed by atoms with Crippen molar-refractivity contribution < 1.29 is 18.3 Å². The highest BCUT2D eigenvalue weighted by Gasteiger charge is 2.30. The summed E-state index contributed by atoms with van der Waals surface area (Å²) in [5.41, 5.74) is 1.20. The molecule has 0 aliphatic rings. The van der Waals surface area contributed by atoms with Gasteiger partial charge in [-0.1, -0.05) is 25.1 Å². The van der Waals surface area contributed by atoms with Gasteiger partial charge in [-0.3, -0.25) is 4.90 Å². The standard InChI is InChI=1S/C12H16F3NO/c1-3-16(8-12(13,14)15)7-10-6-4-5-9(2)11(10)17/h4-6,17H,3,7-8H2,1-2H3. The average molecular weight is 247 g/mol. The second-order valence-corrected chi connectivity index (χ2v) is 4.00. The van der Waals surface area contributed by atoms with Crippen molar-refractivity contribution in [2.24, 2.45) is 0 Å². The zero-order valence-corrected chi connectivity index (χ0v) is 9.88. The molecule has 0 bridgehead atoms. The molecule has 0 aliphatic heterocycles. The summed E-state index contributed by atoms with van der Waals surface area (Å²) in [7, 11) is 0. The Labute approximate surface area is 98.7 Å². The molecule has 0 unspecified atom stereocenters. The van der Waals surface area contributed by atoms with Crippen molar-refractivity contribution in [3.8, 4) is 5.75 Å². The quantitative estimate of drug-likeness (QED) is 0.883. The molecule has 1 aromatic rings. The van der Waals surface area contributed by atoms with Crippen LogP contribution < -0.4 is 0 Å². The predicted octanol–water partition coefficient (Wildman–Crippen LogP) is 3.08. The number of hydrogen-bond acceptors (Lipinski definition) is 2. The Kier molecular flexibility index (Phi) is 4.40. The molecule has 0 radical (unpaired) electrons. The van der Waals surface area contributed by atoms with Gasteiger partial charge < -0.3 is 5.11 Å². The minimum Gasteiger partial charge on any atom is -0.507 e. The van der Waals surface area contributed by atoms with E-state index in [1.54, 1.807) is 32.0 Å². The van der Waals surface area contributed by atoms with Gasteiger partial charge in [0.15, 0.2) is 0 Å². The number of nitrogens with zero attached hydrogens (tertiary/aromatic N) is 1. The molecule has 0 amide bonds. The average Bonchev–Trinajstić information content (AvgIpc) is 2.21. The molecule has 1 N–H and O–H groups in total. The number of aromatic hydroxyl groups is 1. The fraction of sp³-hybridized carbons (Fsp3) is 0.500. The molecule has 1 aromatic carbocycles. The number of benzene rings is 1. The van der Waals surface area contributed by atoms with Gasteiger partial charge in [0.1, 0.15) is 5.75 Å². The molecule has 0 aromatic heterocycles. The minimum absolute atomic E-state index is 0.0770. The Morgan fingerprint density at radius 2 is 1.94 bits per heavy atom. The van der Waals surface area contributed by atoms with Gasteiger partial charge in [-0.25, -0.2) is 0 Å². The van der Waals surface area contributed by atoms with E-state index in [0.29, 0.717) is 11.1 Å². The Morgan fingerprint density at radius 3 is 2.47 bits per heavy atom. The van der Waals surface area contributed by atoms with Gasteiger partial charge >= 0.3 is 6.18 Å². The summed E-state index contributed by atoms with van der Waals surface area (Å²) < 4.78 is 36.8. The Bertz CT molecular complexity index is 377. The number of rotatable bonds is 4. The van der Waals surface area contributed by atoms with E-state index in [4.69, 9.17) is 0 Å². The monoisotopic (exact) mass is 247 g/mol. The molecule has 0 saturated carbocycles. The summed E-state index contributed by atoms with van der Waals surface area (Å²) in [5, 5.41) is 9.73. The smallest absolute Gasteiger partial charge is 0.401 e. The Balaban J connectivity index is 2.77. The lowest BCUT2D eigenvalue weighted by Gasteiger charge is -2.22. The number of alkyl halides is 3. The van der Waals surface area contributed by atoms with Crippen LogP contribution in [0.25, 0.3) is 0 Å². The number of phenolic OH excluding ortho intramolecular Hbond substituents is 1. The van der Waals surface area contributed by atoms with Crippen molar-refractivity contribution in [3.05, 3.63) is 29.3 Å². The van der Waals surface area contributed by atoms with E-state index in [-0.39, 0.29) is 18.8 Å². The highest BCUT2D eigenvalue weighted by atomic mass is 19.4. The van der Waals surface area contributed by atoms with E-state index in [2.05, 4.69) is 0 Å². The van der Waals surface area contributed by atoms with Gasteiger partial charge in [-0.15, -0.1) is 0 Å². The van der Waals surface area contributed by atoms with Crippen LogP contribution in [-0.2, 0) is 6.54 Å². The van der Waals surface area contributed by atoms with Crippen molar-refractivity contribution in [1.82, 2.24) is 4.90 Å². The normalized spacial score (nSPS) is 12.1. The summed E-state index contributed by atoms with van der Waals surface area (Å²) in [6.45, 7) is 2.81. The first kappa shape index (κ1) is 13.8. The van der Waals surface area contributed by atoms with Crippen LogP contribution in [-0.4, -0.2) is 29.3 Å². The fourth-order valence-electron chi connectivity index (χ4n) is 1.62. The zero-order valence-electron chi connectivity index (χ0n) is 9.88. The van der Waals surface area contributed by atoms with E-state index in [0.717, 1.165) is 0 Å². The van der Waals surface area contributed by atoms with Crippen molar-refractivity contribution in [2.75, 3.05) is 13.1 Å². The first-order valence-corrected chi connectivity index (χ1v) is 5.40. The van der Waals surface area contributed by atoms with Crippen LogP contribution in [0.2, 0.25) is 0 Å². The number of halogens is 3. The maximum atomic E-state index is 12.3. The molecular weight excluding hydrogens is 231 g/mol. The second-order valence-electron chi connectivity index (χ2n) is 4.00. The first-order valence-electron chi connectivity index (χ1n) is 5.40. The van der Waals surface area contributed by atoms with E-state index in [1.165, 1.54) is 4.90 Å². The molecule has 0 aliphatic carbocycles. The summed E-state index contributed by atoms with van der Waals surface area (Å²) in [6, 6.07) is 5.09. The first-order chi connectivity index (χ1) is 7.83. The highest BCUT2D eigenvalue weighted by molar-refractivity contribution is 5.39. The van der Waals surface area contributed by atoms with E-state index in [1.807, 2.05) is 0 Å². The third-order valence-corrected chi connectivity index (χ3v) is 2.57. The summed E-state index contributed by atoms with van der Waals surface area (Å²) in [4.78, 5) is 1.24. The molecule has 0 fully saturated rings. The van der Waals surface area contributed by atoms with Crippen molar-refractivity contribution >= 4 is 0 Å². The lowest BCUT2D eigenvalue weighted by atomic mass is 10.1. The maximum Gasteiger partial charge on any atom is 0.401 e. The SMILES string of the molecule is CCN(Cc1cccc(C)c1O)CC(F)(F)F. The van der Waals surface area contributed by atoms with Crippen molar-refractivity contribution in [2.45, 2.75) is 26.6 Å². The van der Waals surface area contributed by atoms with Gasteiger partial charge in [0.25, 0.3) is 0 Å². The summed E-state index contributed by atoms with van der Waals surface area (Å²) in [5.74, 6) is 0.0770. The Morgan fingerprint density at radius 1 is 1.29 bits per heavy atom. The van der Waals surface area contributed by atoms with E-state index in [9.17, 15) is 18.3 Å². The number of phenols is 1. The second kappa shape index (κ2) is 5.40. The molecule has 0 spiro atoms. The molecule has 5 heteroatoms. The van der Waals surface area contributed by atoms with Gasteiger partial charge in [0.05, 0.1) is 6.54 Å². The topological polar surface area (TPSA) is 23.5 Å². The van der Waals surface area contributed by atoms with Gasteiger partial charge in [0.2, 0.25) is 0 Å². The maximum absolute atomic E-state index is 12.3. The van der Waals surface area contributed by atoms with Crippen molar-refractivity contribution in [1.29, 1.82) is 0 Å². The molecule has 2 nitrogen and oxygen atoms in total. The van der Waals surface area contributed by atoms with E-state index < -0.39 is 12.7 Å². The Hall–Kier alpha value is -1.23. The van der Waals surface area contributed by atoms with Crippen LogP contribution in [0.1, 0.15) is 18.1 Å². The third kappa shape index (κ3) is 4.26. The zero-order chi connectivity index (χ0) is 13.1. The molecule has 17 heavy (non-hydrogen) atoms. The minimum atomic E-state index is -4.21. The van der Waals surface area contributed by atoms with Crippen LogP contribution >= 0.6 is 0 Å². The number of aryl methyl sites for hydroxylation is 1. The molecular formula is C12H16F3NO. The van der Waals surface area contributed by atoms with E-state index >= 15 is 0 Å². The van der Waals surface area contributed by atoms with Gasteiger partial charge in [0, 0.05) is 12.1 Å². The largest absolute Gasteiger partial charge is 0.507 e. The van der Waals surface area contributed by atoms with Crippen LogP contribution in [0.3, 0.4) is 0 Å². The van der Waals surface area contributed by atoms with Gasteiger partial charge in [-0.2, -0.15) is 13.2 Å². The molecule has 0 saturated heterocycles. The summed E-state index contributed by atoms with van der Waals surface area (Å²) in [6.07, 6.45) is -4.21. The fourth-order valence-corrected chi connectivity index (χ4v) is 1.62. The van der Waals surface area contributed by atoms with Crippen LogP contribution in [0.4, 0.5) is 13.2 Å². The van der Waals surface area contributed by atoms with Crippen LogP contribution in [0.5, 0.6) is 5.75 Å². The number of hydrogen-bond donors (Lipinski definition) is 1. The summed E-state index contributed by atoms with van der Waals surface area (Å²) >= 11 is 0. The van der Waals surface area contributed by atoms with Crippen LogP contribution in [0, 0.1) is 6.92 Å². The molecule has 0 heterocycles. The molecule has 96 valence electrons. The molecule has 1 rings (SSSR count). The van der Waals surface area contributed by atoms with Gasteiger partial charge in [-0.05, 0) is 19.0 Å².